The van der Waals surface area contributed by atoms with Crippen LogP contribution in [0.4, 0.5) is 11.8 Å². The number of aromatic nitrogens is 2. The predicted octanol–water partition coefficient (Wildman–Crippen LogP) is 1.74. The van der Waals surface area contributed by atoms with Crippen LogP contribution in [0.5, 0.6) is 0 Å². The summed E-state index contributed by atoms with van der Waals surface area (Å²) in [6, 6.07) is 8.96. The maximum atomic E-state index is 12.9. The fourth-order valence-corrected chi connectivity index (χ4v) is 5.30. The summed E-state index contributed by atoms with van der Waals surface area (Å²) in [7, 11) is -3.48. The lowest BCUT2D eigenvalue weighted by Gasteiger charge is -2.35. The summed E-state index contributed by atoms with van der Waals surface area (Å²) in [6.07, 6.45) is 0. The number of sulfonamides is 1. The molecule has 10 heteroatoms. The van der Waals surface area contributed by atoms with Crippen LogP contribution >= 0.6 is 22.6 Å². The quantitative estimate of drug-likeness (QED) is 0.559. The lowest BCUT2D eigenvalue weighted by Crippen LogP contribution is -2.49. The molecule has 4 rings (SSSR count). The van der Waals surface area contributed by atoms with E-state index in [1.807, 2.05) is 25.1 Å². The van der Waals surface area contributed by atoms with Gasteiger partial charge in [0.15, 0.2) is 0 Å². The number of piperazine rings is 1. The zero-order valence-electron chi connectivity index (χ0n) is 16.3. The van der Waals surface area contributed by atoms with Crippen molar-refractivity contribution in [2.75, 3.05) is 62.3 Å². The molecule has 0 spiro atoms. The average Bonchev–Trinajstić information content (AvgIpc) is 2.74. The van der Waals surface area contributed by atoms with Gasteiger partial charge in [0.1, 0.15) is 5.82 Å². The minimum absolute atomic E-state index is 0.341. The Morgan fingerprint density at radius 1 is 0.931 bits per heavy atom. The molecule has 2 aromatic rings. The van der Waals surface area contributed by atoms with Gasteiger partial charge in [-0.2, -0.15) is 9.29 Å². The van der Waals surface area contributed by atoms with Crippen molar-refractivity contribution < 1.29 is 13.2 Å². The van der Waals surface area contributed by atoms with Gasteiger partial charge in [-0.3, -0.25) is 0 Å². The first-order chi connectivity index (χ1) is 13.9. The summed E-state index contributed by atoms with van der Waals surface area (Å²) in [5.41, 5.74) is 0.908. The molecule has 0 aliphatic carbocycles. The van der Waals surface area contributed by atoms with E-state index in [1.165, 1.54) is 0 Å². The molecule has 0 atom stereocenters. The van der Waals surface area contributed by atoms with Gasteiger partial charge < -0.3 is 14.5 Å². The molecule has 0 N–H and O–H groups in total. The second kappa shape index (κ2) is 8.70. The second-order valence-electron chi connectivity index (χ2n) is 7.11. The molecule has 2 aliphatic rings. The van der Waals surface area contributed by atoms with Gasteiger partial charge in [-0.25, -0.2) is 13.4 Å². The predicted molar refractivity (Wildman–Crippen MR) is 120 cm³/mol. The van der Waals surface area contributed by atoms with E-state index in [2.05, 4.69) is 37.4 Å². The number of rotatable bonds is 4. The van der Waals surface area contributed by atoms with Crippen LogP contribution in [0.15, 0.2) is 35.2 Å². The van der Waals surface area contributed by atoms with Crippen molar-refractivity contribution in [2.24, 2.45) is 0 Å². The van der Waals surface area contributed by atoms with Gasteiger partial charge >= 0.3 is 0 Å². The van der Waals surface area contributed by atoms with Crippen LogP contribution in [-0.2, 0) is 14.8 Å². The first kappa shape index (κ1) is 20.8. The smallest absolute Gasteiger partial charge is 0.243 e. The average molecular weight is 529 g/mol. The summed E-state index contributed by atoms with van der Waals surface area (Å²) < 4.78 is 33.8. The molecular formula is C19H24IN5O3S. The molecular weight excluding hydrogens is 505 g/mol. The van der Waals surface area contributed by atoms with Crippen LogP contribution < -0.4 is 9.80 Å². The van der Waals surface area contributed by atoms with Crippen molar-refractivity contribution in [1.82, 2.24) is 14.3 Å². The number of morpholine rings is 1. The molecule has 156 valence electrons. The molecule has 0 bridgehead atoms. The van der Waals surface area contributed by atoms with Crippen LogP contribution in [-0.4, -0.2) is 75.2 Å². The van der Waals surface area contributed by atoms with Crippen LogP contribution in [0.3, 0.4) is 0 Å². The lowest BCUT2D eigenvalue weighted by atomic mass is 10.3. The number of anilines is 2. The van der Waals surface area contributed by atoms with Gasteiger partial charge in [0.05, 0.1) is 18.1 Å². The van der Waals surface area contributed by atoms with Gasteiger partial charge in [0.2, 0.25) is 16.0 Å². The SMILES string of the molecule is Cc1cc(N2CCOCC2)nc(N2CCN(S(=O)(=O)c3ccc(I)cc3)CC2)n1. The Hall–Kier alpha value is -1.50. The Morgan fingerprint density at radius 2 is 1.59 bits per heavy atom. The van der Waals surface area contributed by atoms with E-state index >= 15 is 0 Å². The molecule has 0 radical (unpaired) electrons. The molecule has 2 fully saturated rings. The number of ether oxygens (including phenoxy) is 1. The van der Waals surface area contributed by atoms with E-state index in [1.54, 1.807) is 16.4 Å². The maximum Gasteiger partial charge on any atom is 0.243 e. The summed E-state index contributed by atoms with van der Waals surface area (Å²) in [6.45, 7) is 6.96. The number of nitrogens with zero attached hydrogens (tertiary/aromatic N) is 5. The Kier molecular flexibility index (Phi) is 6.23. The van der Waals surface area contributed by atoms with Gasteiger partial charge in [0, 0.05) is 54.6 Å². The summed E-state index contributed by atoms with van der Waals surface area (Å²) >= 11 is 2.17. The highest BCUT2D eigenvalue weighted by Crippen LogP contribution is 2.22. The Labute approximate surface area is 185 Å². The van der Waals surface area contributed by atoms with Gasteiger partial charge in [-0.05, 0) is 53.8 Å². The van der Waals surface area contributed by atoms with Crippen molar-refractivity contribution in [1.29, 1.82) is 0 Å². The van der Waals surface area contributed by atoms with Crippen LogP contribution in [0.25, 0.3) is 0 Å². The number of benzene rings is 1. The summed E-state index contributed by atoms with van der Waals surface area (Å²) in [4.78, 5) is 14.0. The van der Waals surface area contributed by atoms with E-state index in [9.17, 15) is 8.42 Å². The van der Waals surface area contributed by atoms with E-state index in [0.717, 1.165) is 28.2 Å². The maximum absolute atomic E-state index is 12.9. The highest BCUT2D eigenvalue weighted by atomic mass is 127. The number of halogens is 1. The third-order valence-corrected chi connectivity index (χ3v) is 7.77. The molecule has 8 nitrogen and oxygen atoms in total. The zero-order valence-corrected chi connectivity index (χ0v) is 19.3. The molecule has 1 aromatic heterocycles. The zero-order chi connectivity index (χ0) is 20.4. The highest BCUT2D eigenvalue weighted by molar-refractivity contribution is 14.1. The van der Waals surface area contributed by atoms with Crippen molar-refractivity contribution in [3.8, 4) is 0 Å². The van der Waals surface area contributed by atoms with E-state index in [-0.39, 0.29) is 0 Å². The molecule has 3 heterocycles. The largest absolute Gasteiger partial charge is 0.378 e. The standard InChI is InChI=1S/C19H24IN5O3S/c1-15-14-18(23-10-12-28-13-11-23)22-19(21-15)24-6-8-25(9-7-24)29(26,27)17-4-2-16(20)3-5-17/h2-5,14H,6-13H2,1H3. The van der Waals surface area contributed by atoms with Crippen molar-refractivity contribution >= 4 is 44.4 Å². The summed E-state index contributed by atoms with van der Waals surface area (Å²) in [5.74, 6) is 1.57. The first-order valence-corrected chi connectivity index (χ1v) is 12.1. The molecule has 29 heavy (non-hydrogen) atoms. The van der Waals surface area contributed by atoms with Crippen LogP contribution in [0, 0.1) is 10.5 Å². The number of hydrogen-bond acceptors (Lipinski definition) is 7. The minimum Gasteiger partial charge on any atom is -0.378 e. The second-order valence-corrected chi connectivity index (χ2v) is 10.3. The van der Waals surface area contributed by atoms with Gasteiger partial charge in [0.25, 0.3) is 0 Å². The highest BCUT2D eigenvalue weighted by Gasteiger charge is 2.29. The fraction of sp³-hybridized carbons (Fsp3) is 0.474. The molecule has 1 aromatic carbocycles. The van der Waals surface area contributed by atoms with Gasteiger partial charge in [-0.1, -0.05) is 0 Å². The Bertz CT molecular complexity index is 956. The van der Waals surface area contributed by atoms with E-state index in [4.69, 9.17) is 9.72 Å². The number of hydrogen-bond donors (Lipinski definition) is 0. The van der Waals surface area contributed by atoms with Crippen molar-refractivity contribution in [3.63, 3.8) is 0 Å². The van der Waals surface area contributed by atoms with Crippen molar-refractivity contribution in [2.45, 2.75) is 11.8 Å². The molecule has 0 unspecified atom stereocenters. The normalized spacial score (nSPS) is 18.8. The molecule has 0 amide bonds. The Balaban J connectivity index is 1.47. The summed E-state index contributed by atoms with van der Waals surface area (Å²) in [5, 5.41) is 0. The molecule has 2 aliphatic heterocycles. The fourth-order valence-electron chi connectivity index (χ4n) is 3.52. The topological polar surface area (TPSA) is 78.9 Å². The monoisotopic (exact) mass is 529 g/mol. The van der Waals surface area contributed by atoms with Crippen LogP contribution in [0.2, 0.25) is 0 Å². The molecule has 0 saturated carbocycles. The lowest BCUT2D eigenvalue weighted by molar-refractivity contribution is 0.122. The number of aryl methyl sites for hydroxylation is 1. The minimum atomic E-state index is -3.48. The van der Waals surface area contributed by atoms with Crippen LogP contribution in [0.1, 0.15) is 5.69 Å². The first-order valence-electron chi connectivity index (χ1n) is 9.62. The third kappa shape index (κ3) is 4.65. The third-order valence-electron chi connectivity index (χ3n) is 5.14. The van der Waals surface area contributed by atoms with Crippen molar-refractivity contribution in [3.05, 3.63) is 39.6 Å². The van der Waals surface area contributed by atoms with Gasteiger partial charge in [-0.15, -0.1) is 0 Å². The van der Waals surface area contributed by atoms with E-state index in [0.29, 0.717) is 50.2 Å². The molecule has 2 saturated heterocycles. The Morgan fingerprint density at radius 3 is 2.24 bits per heavy atom. The van der Waals surface area contributed by atoms with E-state index < -0.39 is 10.0 Å².